The van der Waals surface area contributed by atoms with E-state index in [1.165, 1.54) is 0 Å². The molecule has 3 rings (SSSR count). The van der Waals surface area contributed by atoms with E-state index in [1.807, 2.05) is 6.92 Å². The smallest absolute Gasteiger partial charge is 0.309 e. The minimum atomic E-state index is -0.220. The fraction of sp³-hybridized carbons (Fsp3) is 0.733. The van der Waals surface area contributed by atoms with Gasteiger partial charge in [-0.3, -0.25) is 9.59 Å². The molecule has 0 aromatic carbocycles. The highest BCUT2D eigenvalue weighted by molar-refractivity contribution is 5.96. The number of esters is 1. The van der Waals surface area contributed by atoms with Crippen LogP contribution < -0.4 is 0 Å². The maximum atomic E-state index is 12.2. The molecule has 0 bridgehead atoms. The Balaban J connectivity index is 2.00. The third kappa shape index (κ3) is 1.76. The van der Waals surface area contributed by atoms with E-state index < -0.39 is 0 Å². The maximum Gasteiger partial charge on any atom is 0.309 e. The van der Waals surface area contributed by atoms with Crippen LogP contribution in [0.2, 0.25) is 0 Å². The van der Waals surface area contributed by atoms with Gasteiger partial charge in [-0.15, -0.1) is 0 Å². The predicted octanol–water partition coefficient (Wildman–Crippen LogP) is 1.33. The van der Waals surface area contributed by atoms with Gasteiger partial charge in [-0.1, -0.05) is 13.8 Å². The lowest BCUT2D eigenvalue weighted by Gasteiger charge is -2.28. The third-order valence-electron chi connectivity index (χ3n) is 5.26. The molecule has 2 fully saturated rings. The van der Waals surface area contributed by atoms with Gasteiger partial charge in [-0.25, -0.2) is 0 Å². The van der Waals surface area contributed by atoms with Gasteiger partial charge in [0.1, 0.15) is 6.10 Å². The first-order valence-electron chi connectivity index (χ1n) is 7.10. The Kier molecular flexibility index (Phi) is 3.01. The standard InChI is InChI=1S/C15H20O4/c1-7-3-4-10-8(2)15(18)19-14(10)13-9(6-16)5-11(17)12(7)13/h5,7-8,10,12-14,16H,3-4,6H2,1-2H3. The number of rotatable bonds is 1. The van der Waals surface area contributed by atoms with E-state index in [0.29, 0.717) is 0 Å². The number of ketones is 1. The van der Waals surface area contributed by atoms with Crippen molar-refractivity contribution in [2.75, 3.05) is 6.61 Å². The molecule has 19 heavy (non-hydrogen) atoms. The number of aliphatic hydroxyl groups is 1. The van der Waals surface area contributed by atoms with Crippen LogP contribution in [0.25, 0.3) is 0 Å². The van der Waals surface area contributed by atoms with E-state index in [0.717, 1.165) is 18.4 Å². The third-order valence-corrected chi connectivity index (χ3v) is 5.26. The van der Waals surface area contributed by atoms with E-state index in [2.05, 4.69) is 6.92 Å². The van der Waals surface area contributed by atoms with Crippen LogP contribution in [0.5, 0.6) is 0 Å². The van der Waals surface area contributed by atoms with E-state index in [-0.39, 0.29) is 54.1 Å². The zero-order valence-electron chi connectivity index (χ0n) is 11.3. The zero-order valence-corrected chi connectivity index (χ0v) is 11.3. The van der Waals surface area contributed by atoms with E-state index in [9.17, 15) is 14.7 Å². The summed E-state index contributed by atoms with van der Waals surface area (Å²) in [5.41, 5.74) is 0.751. The van der Waals surface area contributed by atoms with Crippen LogP contribution in [-0.4, -0.2) is 29.6 Å². The second-order valence-corrected chi connectivity index (χ2v) is 6.24. The van der Waals surface area contributed by atoms with Gasteiger partial charge >= 0.3 is 5.97 Å². The van der Waals surface area contributed by atoms with Crippen molar-refractivity contribution in [3.05, 3.63) is 11.6 Å². The molecule has 4 nitrogen and oxygen atoms in total. The summed E-state index contributed by atoms with van der Waals surface area (Å²) in [5, 5.41) is 9.49. The fourth-order valence-corrected chi connectivity index (χ4v) is 4.16. The van der Waals surface area contributed by atoms with Crippen molar-refractivity contribution in [3.63, 3.8) is 0 Å². The van der Waals surface area contributed by atoms with Crippen molar-refractivity contribution in [2.45, 2.75) is 32.8 Å². The van der Waals surface area contributed by atoms with Gasteiger partial charge in [-0.05, 0) is 30.4 Å². The van der Waals surface area contributed by atoms with Gasteiger partial charge in [0.15, 0.2) is 5.78 Å². The summed E-state index contributed by atoms with van der Waals surface area (Å²) in [4.78, 5) is 24.0. The Morgan fingerprint density at radius 3 is 2.68 bits per heavy atom. The molecular formula is C15H20O4. The number of aliphatic hydroxyl groups excluding tert-OH is 1. The second kappa shape index (κ2) is 4.44. The van der Waals surface area contributed by atoms with Crippen molar-refractivity contribution in [1.82, 2.24) is 0 Å². The first kappa shape index (κ1) is 12.9. The second-order valence-electron chi connectivity index (χ2n) is 6.24. The summed E-state index contributed by atoms with van der Waals surface area (Å²) in [6, 6.07) is 0. The molecule has 1 saturated heterocycles. The van der Waals surface area contributed by atoms with Crippen LogP contribution in [0.3, 0.4) is 0 Å². The Bertz CT molecular complexity index is 453. The summed E-state index contributed by atoms with van der Waals surface area (Å²) in [5.74, 6) is 0.105. The highest BCUT2D eigenvalue weighted by Crippen LogP contribution is 2.49. The van der Waals surface area contributed by atoms with E-state index in [1.54, 1.807) is 6.08 Å². The molecule has 0 aromatic rings. The lowest BCUT2D eigenvalue weighted by atomic mass is 9.77. The topological polar surface area (TPSA) is 63.6 Å². The number of ether oxygens (including phenoxy) is 1. The molecule has 0 amide bonds. The van der Waals surface area contributed by atoms with Crippen molar-refractivity contribution in [1.29, 1.82) is 0 Å². The zero-order chi connectivity index (χ0) is 13.7. The first-order valence-corrected chi connectivity index (χ1v) is 7.10. The molecule has 1 N–H and O–H groups in total. The molecule has 0 aromatic heterocycles. The van der Waals surface area contributed by atoms with Crippen LogP contribution in [0.1, 0.15) is 26.7 Å². The maximum absolute atomic E-state index is 12.2. The quantitative estimate of drug-likeness (QED) is 0.726. The molecular weight excluding hydrogens is 244 g/mol. The lowest BCUT2D eigenvalue weighted by molar-refractivity contribution is -0.146. The number of hydrogen-bond acceptors (Lipinski definition) is 4. The highest BCUT2D eigenvalue weighted by atomic mass is 16.6. The molecule has 2 aliphatic carbocycles. The highest BCUT2D eigenvalue weighted by Gasteiger charge is 2.54. The van der Waals surface area contributed by atoms with E-state index in [4.69, 9.17) is 4.74 Å². The number of hydrogen-bond donors (Lipinski definition) is 1. The molecule has 1 aliphatic heterocycles. The van der Waals surface area contributed by atoms with Gasteiger partial charge < -0.3 is 9.84 Å². The average molecular weight is 264 g/mol. The molecule has 4 heteroatoms. The minimum absolute atomic E-state index is 0.0911. The van der Waals surface area contributed by atoms with Gasteiger partial charge in [0.25, 0.3) is 0 Å². The van der Waals surface area contributed by atoms with Gasteiger partial charge in [0.05, 0.1) is 12.5 Å². The van der Waals surface area contributed by atoms with Crippen LogP contribution in [-0.2, 0) is 14.3 Å². The van der Waals surface area contributed by atoms with Gasteiger partial charge in [0.2, 0.25) is 0 Å². The molecule has 3 aliphatic rings. The minimum Gasteiger partial charge on any atom is -0.461 e. The summed E-state index contributed by atoms with van der Waals surface area (Å²) < 4.78 is 5.56. The van der Waals surface area contributed by atoms with Crippen molar-refractivity contribution < 1.29 is 19.4 Å². The van der Waals surface area contributed by atoms with Crippen LogP contribution in [0, 0.1) is 29.6 Å². The first-order chi connectivity index (χ1) is 9.04. The Labute approximate surface area is 112 Å². The average Bonchev–Trinajstić information content (AvgIpc) is 2.80. The Hall–Kier alpha value is -1.16. The van der Waals surface area contributed by atoms with Crippen LogP contribution in [0.15, 0.2) is 11.6 Å². The number of carbonyl (C=O) groups is 2. The van der Waals surface area contributed by atoms with Gasteiger partial charge in [-0.2, -0.15) is 0 Å². The van der Waals surface area contributed by atoms with E-state index >= 15 is 0 Å². The Morgan fingerprint density at radius 2 is 2.00 bits per heavy atom. The molecule has 1 saturated carbocycles. The molecule has 6 atom stereocenters. The lowest BCUT2D eigenvalue weighted by Crippen LogP contribution is -2.34. The summed E-state index contributed by atoms with van der Waals surface area (Å²) >= 11 is 0. The summed E-state index contributed by atoms with van der Waals surface area (Å²) in [6.07, 6.45) is 3.23. The monoisotopic (exact) mass is 264 g/mol. The number of allylic oxidation sites excluding steroid dienone is 1. The van der Waals surface area contributed by atoms with Crippen LogP contribution in [0.4, 0.5) is 0 Å². The molecule has 0 spiro atoms. The molecule has 6 unspecified atom stereocenters. The summed E-state index contributed by atoms with van der Waals surface area (Å²) in [7, 11) is 0. The number of carbonyl (C=O) groups excluding carboxylic acids is 2. The predicted molar refractivity (Wildman–Crippen MR) is 68.1 cm³/mol. The van der Waals surface area contributed by atoms with Crippen molar-refractivity contribution in [2.24, 2.45) is 29.6 Å². The fourth-order valence-electron chi connectivity index (χ4n) is 4.16. The summed E-state index contributed by atoms with van der Waals surface area (Å²) in [6.45, 7) is 3.89. The molecule has 1 heterocycles. The SMILES string of the molecule is CC1CCC2C(C)C(=O)OC2C2C(CO)=CC(=O)C12. The van der Waals surface area contributed by atoms with Crippen LogP contribution >= 0.6 is 0 Å². The van der Waals surface area contributed by atoms with Crippen molar-refractivity contribution in [3.8, 4) is 0 Å². The molecule has 0 radical (unpaired) electrons. The van der Waals surface area contributed by atoms with Gasteiger partial charge in [0, 0.05) is 17.8 Å². The molecule has 104 valence electrons. The largest absolute Gasteiger partial charge is 0.461 e. The normalized spacial score (nSPS) is 45.3. The Morgan fingerprint density at radius 1 is 1.26 bits per heavy atom. The number of fused-ring (bicyclic) bond motifs is 3. The van der Waals surface area contributed by atoms with Crippen molar-refractivity contribution >= 4 is 11.8 Å².